The third-order valence-corrected chi connectivity index (χ3v) is 3.32. The summed E-state index contributed by atoms with van der Waals surface area (Å²) in [4.78, 5) is 12.2. The number of H-pyrrole nitrogens is 1. The van der Waals surface area contributed by atoms with Crippen LogP contribution in [0.1, 0.15) is 29.9 Å². The average molecular weight is 326 g/mol. The van der Waals surface area contributed by atoms with Crippen molar-refractivity contribution >= 4 is 27.7 Å². The number of anilines is 1. The fourth-order valence-electron chi connectivity index (χ4n) is 1.74. The zero-order valence-corrected chi connectivity index (χ0v) is 12.7. The van der Waals surface area contributed by atoms with Gasteiger partial charge in [0.05, 0.1) is 22.4 Å². The molecule has 7 heteroatoms. The molecule has 0 aliphatic carbocycles. The second-order valence-corrected chi connectivity index (χ2v) is 5.62. The van der Waals surface area contributed by atoms with Crippen molar-refractivity contribution in [1.29, 1.82) is 0 Å². The molecule has 0 saturated heterocycles. The number of halogens is 1. The van der Waals surface area contributed by atoms with Crippen molar-refractivity contribution < 1.29 is 4.79 Å². The molecule has 2 rings (SSSR count). The van der Waals surface area contributed by atoms with Crippen LogP contribution in [-0.2, 0) is 6.54 Å². The fraction of sp³-hybridized carbons (Fsp3) is 0.417. The molecule has 0 bridgehead atoms. The van der Waals surface area contributed by atoms with Crippen molar-refractivity contribution in [1.82, 2.24) is 20.0 Å². The van der Waals surface area contributed by atoms with E-state index in [-0.39, 0.29) is 5.91 Å². The molecular weight excluding hydrogens is 310 g/mol. The highest BCUT2D eigenvalue weighted by molar-refractivity contribution is 9.10. The van der Waals surface area contributed by atoms with Gasteiger partial charge in [0.15, 0.2) is 0 Å². The fourth-order valence-corrected chi connectivity index (χ4v) is 2.03. The minimum atomic E-state index is -0.197. The zero-order valence-electron chi connectivity index (χ0n) is 11.1. The second-order valence-electron chi connectivity index (χ2n) is 4.77. The van der Waals surface area contributed by atoms with E-state index in [0.717, 1.165) is 12.2 Å². The standard InChI is InChI=1S/C12H16BrN5O/c1-7(2)6-18-8(3)9(4-15-18)12(19)16-11-10(13)5-14-17-11/h4-5,7H,6H2,1-3H3,(H2,14,16,17,19). The van der Waals surface area contributed by atoms with Crippen LogP contribution in [-0.4, -0.2) is 25.9 Å². The first kappa shape index (κ1) is 13.8. The quantitative estimate of drug-likeness (QED) is 0.907. The van der Waals surface area contributed by atoms with Gasteiger partial charge in [0.25, 0.3) is 5.91 Å². The van der Waals surface area contributed by atoms with E-state index in [4.69, 9.17) is 0 Å². The summed E-state index contributed by atoms with van der Waals surface area (Å²) in [6.45, 7) is 6.92. The van der Waals surface area contributed by atoms with Crippen molar-refractivity contribution in [3.63, 3.8) is 0 Å². The summed E-state index contributed by atoms with van der Waals surface area (Å²) < 4.78 is 2.56. The minimum Gasteiger partial charge on any atom is -0.306 e. The van der Waals surface area contributed by atoms with Gasteiger partial charge in [-0.15, -0.1) is 0 Å². The van der Waals surface area contributed by atoms with Gasteiger partial charge < -0.3 is 5.32 Å². The molecule has 0 aliphatic heterocycles. The Balaban J connectivity index is 2.16. The van der Waals surface area contributed by atoms with Crippen molar-refractivity contribution in [2.45, 2.75) is 27.3 Å². The molecule has 2 aromatic rings. The first-order valence-corrected chi connectivity index (χ1v) is 6.81. The van der Waals surface area contributed by atoms with E-state index in [1.807, 2.05) is 11.6 Å². The third-order valence-electron chi connectivity index (χ3n) is 2.72. The van der Waals surface area contributed by atoms with Gasteiger partial charge >= 0.3 is 0 Å². The summed E-state index contributed by atoms with van der Waals surface area (Å²) in [6, 6.07) is 0. The highest BCUT2D eigenvalue weighted by atomic mass is 79.9. The Labute approximate surface area is 119 Å². The predicted octanol–water partition coefficient (Wildman–Crippen LogP) is 2.59. The van der Waals surface area contributed by atoms with E-state index >= 15 is 0 Å². The van der Waals surface area contributed by atoms with Crippen LogP contribution in [0.2, 0.25) is 0 Å². The summed E-state index contributed by atoms with van der Waals surface area (Å²) in [6.07, 6.45) is 3.18. The van der Waals surface area contributed by atoms with Crippen LogP contribution in [0.5, 0.6) is 0 Å². The molecular formula is C12H16BrN5O. The zero-order chi connectivity index (χ0) is 14.0. The lowest BCUT2D eigenvalue weighted by atomic mass is 10.2. The molecule has 2 aromatic heterocycles. The van der Waals surface area contributed by atoms with Crippen LogP contribution >= 0.6 is 15.9 Å². The van der Waals surface area contributed by atoms with Crippen LogP contribution in [0, 0.1) is 12.8 Å². The average Bonchev–Trinajstić information content (AvgIpc) is 2.87. The molecule has 2 heterocycles. The van der Waals surface area contributed by atoms with E-state index < -0.39 is 0 Å². The van der Waals surface area contributed by atoms with Gasteiger partial charge in [0.1, 0.15) is 5.82 Å². The van der Waals surface area contributed by atoms with Gasteiger partial charge in [-0.1, -0.05) is 13.8 Å². The first-order valence-electron chi connectivity index (χ1n) is 6.01. The van der Waals surface area contributed by atoms with Crippen LogP contribution in [0.3, 0.4) is 0 Å². The Morgan fingerprint density at radius 3 is 2.84 bits per heavy atom. The van der Waals surface area contributed by atoms with Gasteiger partial charge in [-0.3, -0.25) is 14.6 Å². The topological polar surface area (TPSA) is 75.6 Å². The monoisotopic (exact) mass is 325 g/mol. The molecule has 1 amide bonds. The molecule has 0 saturated carbocycles. The van der Waals surface area contributed by atoms with Gasteiger partial charge in [0, 0.05) is 12.2 Å². The molecule has 102 valence electrons. The lowest BCUT2D eigenvalue weighted by Crippen LogP contribution is -2.14. The van der Waals surface area contributed by atoms with E-state index in [9.17, 15) is 4.79 Å². The van der Waals surface area contributed by atoms with Crippen LogP contribution in [0.15, 0.2) is 16.9 Å². The van der Waals surface area contributed by atoms with E-state index in [1.54, 1.807) is 12.4 Å². The summed E-state index contributed by atoms with van der Waals surface area (Å²) in [5, 5.41) is 13.5. The minimum absolute atomic E-state index is 0.197. The number of nitrogens with one attached hydrogen (secondary N) is 2. The molecule has 0 aliphatic rings. The molecule has 0 spiro atoms. The van der Waals surface area contributed by atoms with E-state index in [2.05, 4.69) is 50.4 Å². The van der Waals surface area contributed by atoms with Gasteiger partial charge in [0.2, 0.25) is 0 Å². The number of amides is 1. The predicted molar refractivity (Wildman–Crippen MR) is 76.0 cm³/mol. The summed E-state index contributed by atoms with van der Waals surface area (Å²) >= 11 is 3.29. The largest absolute Gasteiger partial charge is 0.306 e. The number of aromatic nitrogens is 4. The number of hydrogen-bond acceptors (Lipinski definition) is 3. The Morgan fingerprint density at radius 2 is 2.26 bits per heavy atom. The molecule has 0 aromatic carbocycles. The van der Waals surface area contributed by atoms with Crippen molar-refractivity contribution in [3.05, 3.63) is 28.1 Å². The van der Waals surface area contributed by atoms with Crippen molar-refractivity contribution in [2.24, 2.45) is 5.92 Å². The molecule has 0 unspecified atom stereocenters. The maximum atomic E-state index is 12.2. The Morgan fingerprint density at radius 1 is 1.53 bits per heavy atom. The molecule has 19 heavy (non-hydrogen) atoms. The Hall–Kier alpha value is -1.63. The maximum absolute atomic E-state index is 12.2. The molecule has 0 radical (unpaired) electrons. The number of aromatic amines is 1. The molecule has 2 N–H and O–H groups in total. The van der Waals surface area contributed by atoms with Gasteiger partial charge in [-0.2, -0.15) is 10.2 Å². The van der Waals surface area contributed by atoms with Crippen LogP contribution in [0.4, 0.5) is 5.82 Å². The molecule has 6 nitrogen and oxygen atoms in total. The third kappa shape index (κ3) is 3.04. The first-order chi connectivity index (χ1) is 8.99. The maximum Gasteiger partial charge on any atom is 0.260 e. The van der Waals surface area contributed by atoms with Gasteiger partial charge in [-0.05, 0) is 28.8 Å². The lowest BCUT2D eigenvalue weighted by molar-refractivity contribution is 0.102. The van der Waals surface area contributed by atoms with E-state index in [0.29, 0.717) is 21.8 Å². The molecule has 0 atom stereocenters. The Bertz CT molecular complexity index is 587. The summed E-state index contributed by atoms with van der Waals surface area (Å²) in [5.41, 5.74) is 1.43. The highest BCUT2D eigenvalue weighted by Crippen LogP contribution is 2.19. The van der Waals surface area contributed by atoms with Crippen molar-refractivity contribution in [2.75, 3.05) is 5.32 Å². The SMILES string of the molecule is Cc1c(C(=O)Nc2[nH]ncc2Br)cnn1CC(C)C. The summed E-state index contributed by atoms with van der Waals surface area (Å²) in [5.74, 6) is 0.828. The highest BCUT2D eigenvalue weighted by Gasteiger charge is 2.16. The molecule has 0 fully saturated rings. The number of nitrogens with zero attached hydrogens (tertiary/aromatic N) is 3. The summed E-state index contributed by atoms with van der Waals surface area (Å²) in [7, 11) is 0. The van der Waals surface area contributed by atoms with Gasteiger partial charge in [-0.25, -0.2) is 0 Å². The van der Waals surface area contributed by atoms with Crippen LogP contribution in [0.25, 0.3) is 0 Å². The number of carbonyl (C=O) groups excluding carboxylic acids is 1. The lowest BCUT2D eigenvalue weighted by Gasteiger charge is -2.08. The van der Waals surface area contributed by atoms with E-state index in [1.165, 1.54) is 0 Å². The number of rotatable bonds is 4. The van der Waals surface area contributed by atoms with Crippen molar-refractivity contribution in [3.8, 4) is 0 Å². The Kier molecular flexibility index (Phi) is 4.04. The van der Waals surface area contributed by atoms with Crippen LogP contribution < -0.4 is 5.32 Å². The number of carbonyl (C=O) groups is 1. The number of hydrogen-bond donors (Lipinski definition) is 2. The second kappa shape index (κ2) is 5.56. The normalized spacial score (nSPS) is 11.0. The smallest absolute Gasteiger partial charge is 0.260 e.